The van der Waals surface area contributed by atoms with E-state index in [4.69, 9.17) is 18.9 Å². The largest absolute Gasteiger partial charge is 0.465 e. The molecule has 0 aromatic carbocycles. The maximum Gasteiger partial charge on any atom is 0.321 e. The SMILES string of the molecule is CCOC(=O)C(C(=O)OCC)[C@@H]1C=C[C@@H](OC)O[C@H]1C. The fourth-order valence-electron chi connectivity index (χ4n) is 2.11. The molecule has 0 bridgehead atoms. The molecule has 0 unspecified atom stereocenters. The Hall–Kier alpha value is -1.40. The van der Waals surface area contributed by atoms with Crippen molar-refractivity contribution in [3.05, 3.63) is 12.2 Å². The van der Waals surface area contributed by atoms with Gasteiger partial charge in [-0.05, 0) is 26.8 Å². The van der Waals surface area contributed by atoms with E-state index in [9.17, 15) is 9.59 Å². The molecule has 0 spiro atoms. The van der Waals surface area contributed by atoms with Gasteiger partial charge in [-0.3, -0.25) is 9.59 Å². The number of hydrogen-bond acceptors (Lipinski definition) is 6. The number of esters is 2. The van der Waals surface area contributed by atoms with Crippen LogP contribution < -0.4 is 0 Å². The first-order chi connectivity index (χ1) is 9.54. The van der Waals surface area contributed by atoms with Gasteiger partial charge >= 0.3 is 11.9 Å². The van der Waals surface area contributed by atoms with E-state index in [1.54, 1.807) is 32.9 Å². The quantitative estimate of drug-likeness (QED) is 0.416. The highest BCUT2D eigenvalue weighted by molar-refractivity contribution is 5.95. The lowest BCUT2D eigenvalue weighted by Gasteiger charge is -2.32. The normalized spacial score (nSPS) is 25.6. The topological polar surface area (TPSA) is 71.1 Å². The molecule has 114 valence electrons. The molecule has 0 aliphatic carbocycles. The fraction of sp³-hybridized carbons (Fsp3) is 0.714. The van der Waals surface area contributed by atoms with Crippen LogP contribution in [-0.2, 0) is 28.5 Å². The number of ether oxygens (including phenoxy) is 4. The van der Waals surface area contributed by atoms with E-state index < -0.39 is 30.1 Å². The van der Waals surface area contributed by atoms with Gasteiger partial charge in [-0.1, -0.05) is 6.08 Å². The third-order valence-electron chi connectivity index (χ3n) is 3.08. The van der Waals surface area contributed by atoms with Gasteiger partial charge in [0.2, 0.25) is 0 Å². The summed E-state index contributed by atoms with van der Waals surface area (Å²) in [6.45, 7) is 5.59. The molecule has 1 aliphatic heterocycles. The molecular formula is C14H22O6. The second kappa shape index (κ2) is 8.01. The van der Waals surface area contributed by atoms with Crippen molar-refractivity contribution in [2.24, 2.45) is 11.8 Å². The number of methoxy groups -OCH3 is 1. The third kappa shape index (κ3) is 4.05. The Labute approximate surface area is 119 Å². The van der Waals surface area contributed by atoms with Crippen LogP contribution in [0.3, 0.4) is 0 Å². The molecule has 0 saturated carbocycles. The molecule has 1 heterocycles. The molecule has 0 fully saturated rings. The molecule has 0 amide bonds. The molecule has 0 N–H and O–H groups in total. The molecule has 6 heteroatoms. The second-order valence-electron chi connectivity index (χ2n) is 4.39. The van der Waals surface area contributed by atoms with Crippen molar-refractivity contribution < 1.29 is 28.5 Å². The maximum atomic E-state index is 12.0. The van der Waals surface area contributed by atoms with Gasteiger partial charge in [0.1, 0.15) is 0 Å². The second-order valence-corrected chi connectivity index (χ2v) is 4.39. The van der Waals surface area contributed by atoms with Crippen LogP contribution in [0.4, 0.5) is 0 Å². The lowest BCUT2D eigenvalue weighted by molar-refractivity contribution is -0.175. The Morgan fingerprint density at radius 1 is 1.15 bits per heavy atom. The lowest BCUT2D eigenvalue weighted by Crippen LogP contribution is -2.42. The number of hydrogen-bond donors (Lipinski definition) is 0. The Morgan fingerprint density at radius 3 is 2.10 bits per heavy atom. The van der Waals surface area contributed by atoms with Gasteiger partial charge in [-0.2, -0.15) is 0 Å². The van der Waals surface area contributed by atoms with E-state index in [0.717, 1.165) is 0 Å². The molecule has 0 aromatic heterocycles. The molecule has 1 rings (SSSR count). The van der Waals surface area contributed by atoms with Crippen LogP contribution in [0.25, 0.3) is 0 Å². The van der Waals surface area contributed by atoms with E-state index in [0.29, 0.717) is 0 Å². The van der Waals surface area contributed by atoms with Crippen molar-refractivity contribution in [2.45, 2.75) is 33.2 Å². The molecule has 20 heavy (non-hydrogen) atoms. The van der Waals surface area contributed by atoms with Crippen molar-refractivity contribution in [3.8, 4) is 0 Å². The standard InChI is InChI=1S/C14H22O6/c1-5-18-13(15)12(14(16)19-6-2)10-7-8-11(17-4)20-9(10)3/h7-12H,5-6H2,1-4H3/t9-,10+,11-/m0/s1. The monoisotopic (exact) mass is 286 g/mol. The summed E-state index contributed by atoms with van der Waals surface area (Å²) in [4.78, 5) is 24.0. The van der Waals surface area contributed by atoms with Gasteiger partial charge in [-0.25, -0.2) is 0 Å². The Bertz CT molecular complexity index is 347. The highest BCUT2D eigenvalue weighted by Crippen LogP contribution is 2.28. The Morgan fingerprint density at radius 2 is 1.70 bits per heavy atom. The van der Waals surface area contributed by atoms with Gasteiger partial charge in [0.15, 0.2) is 12.2 Å². The summed E-state index contributed by atoms with van der Waals surface area (Å²) in [6, 6.07) is 0. The zero-order valence-corrected chi connectivity index (χ0v) is 12.3. The summed E-state index contributed by atoms with van der Waals surface area (Å²) in [5.74, 6) is -2.63. The van der Waals surface area contributed by atoms with Gasteiger partial charge in [0.05, 0.1) is 19.3 Å². The minimum absolute atomic E-state index is 0.209. The zero-order valence-electron chi connectivity index (χ0n) is 12.3. The van der Waals surface area contributed by atoms with E-state index in [2.05, 4.69) is 0 Å². The van der Waals surface area contributed by atoms with E-state index in [1.165, 1.54) is 7.11 Å². The van der Waals surface area contributed by atoms with Crippen LogP contribution in [0.2, 0.25) is 0 Å². The maximum absolute atomic E-state index is 12.0. The average molecular weight is 286 g/mol. The molecule has 1 aliphatic rings. The lowest BCUT2D eigenvalue weighted by atomic mass is 9.86. The zero-order chi connectivity index (χ0) is 15.1. The van der Waals surface area contributed by atoms with Gasteiger partial charge in [-0.15, -0.1) is 0 Å². The van der Waals surface area contributed by atoms with Crippen LogP contribution >= 0.6 is 0 Å². The van der Waals surface area contributed by atoms with Crippen LogP contribution in [0, 0.1) is 11.8 Å². The summed E-state index contributed by atoms with van der Waals surface area (Å²) in [5, 5.41) is 0. The van der Waals surface area contributed by atoms with Crippen LogP contribution in [-0.4, -0.2) is 44.7 Å². The van der Waals surface area contributed by atoms with Crippen molar-refractivity contribution >= 4 is 11.9 Å². The summed E-state index contributed by atoms with van der Waals surface area (Å²) in [5.41, 5.74) is 0. The molecular weight excluding hydrogens is 264 g/mol. The number of rotatable bonds is 6. The van der Waals surface area contributed by atoms with E-state index in [1.807, 2.05) is 0 Å². The summed E-state index contributed by atoms with van der Waals surface area (Å²) < 4.78 is 20.6. The number of carbonyl (C=O) groups excluding carboxylic acids is 2. The first-order valence-electron chi connectivity index (χ1n) is 6.74. The van der Waals surface area contributed by atoms with Crippen molar-refractivity contribution in [1.82, 2.24) is 0 Å². The van der Waals surface area contributed by atoms with Crippen molar-refractivity contribution in [3.63, 3.8) is 0 Å². The Kier molecular flexibility index (Phi) is 6.67. The first kappa shape index (κ1) is 16.7. The highest BCUT2D eigenvalue weighted by atomic mass is 16.7. The van der Waals surface area contributed by atoms with Crippen LogP contribution in [0.1, 0.15) is 20.8 Å². The van der Waals surface area contributed by atoms with Crippen LogP contribution in [0.5, 0.6) is 0 Å². The van der Waals surface area contributed by atoms with Crippen molar-refractivity contribution in [1.29, 1.82) is 0 Å². The van der Waals surface area contributed by atoms with Gasteiger partial charge in [0, 0.05) is 13.0 Å². The molecule has 0 saturated heterocycles. The van der Waals surface area contributed by atoms with Gasteiger partial charge in [0.25, 0.3) is 0 Å². The predicted molar refractivity (Wildman–Crippen MR) is 70.7 cm³/mol. The highest BCUT2D eigenvalue weighted by Gasteiger charge is 2.41. The minimum Gasteiger partial charge on any atom is -0.465 e. The summed E-state index contributed by atoms with van der Waals surface area (Å²) in [7, 11) is 1.52. The third-order valence-corrected chi connectivity index (χ3v) is 3.08. The summed E-state index contributed by atoms with van der Waals surface area (Å²) >= 11 is 0. The van der Waals surface area contributed by atoms with E-state index in [-0.39, 0.29) is 19.3 Å². The molecule has 0 aromatic rings. The van der Waals surface area contributed by atoms with Crippen molar-refractivity contribution in [2.75, 3.05) is 20.3 Å². The van der Waals surface area contributed by atoms with E-state index >= 15 is 0 Å². The van der Waals surface area contributed by atoms with Crippen LogP contribution in [0.15, 0.2) is 12.2 Å². The number of carbonyl (C=O) groups is 2. The molecule has 0 radical (unpaired) electrons. The van der Waals surface area contributed by atoms with Gasteiger partial charge < -0.3 is 18.9 Å². The first-order valence-corrected chi connectivity index (χ1v) is 6.74. The molecule has 6 nitrogen and oxygen atoms in total. The average Bonchev–Trinajstić information content (AvgIpc) is 2.41. The fourth-order valence-corrected chi connectivity index (χ4v) is 2.11. The molecule has 3 atom stereocenters. The summed E-state index contributed by atoms with van der Waals surface area (Å²) in [6.07, 6.45) is 2.60. The predicted octanol–water partition coefficient (Wildman–Crippen LogP) is 1.29. The minimum atomic E-state index is -1.01. The Balaban J connectivity index is 2.92. The smallest absolute Gasteiger partial charge is 0.321 e.